The Morgan fingerprint density at radius 2 is 1.81 bits per heavy atom. The number of nitrogens with one attached hydrogen (secondary N) is 2. The number of anilines is 2. The number of aromatic nitrogens is 2. The van der Waals surface area contributed by atoms with E-state index in [0.717, 1.165) is 43.1 Å². The molecule has 0 aliphatic heterocycles. The zero-order valence-corrected chi connectivity index (χ0v) is 13.4. The predicted molar refractivity (Wildman–Crippen MR) is 86.8 cm³/mol. The van der Waals surface area contributed by atoms with Crippen molar-refractivity contribution in [2.75, 3.05) is 30.3 Å². The SMILES string of the molecule is CCNc1ncnc(NCC2(CO)CCCC2)c1C(C)C. The minimum atomic E-state index is 0.0253. The molecule has 1 aromatic rings. The smallest absolute Gasteiger partial charge is 0.135 e. The topological polar surface area (TPSA) is 70.1 Å². The van der Waals surface area contributed by atoms with Crippen molar-refractivity contribution in [2.45, 2.75) is 52.4 Å². The molecule has 1 aliphatic carbocycles. The Kier molecular flexibility index (Phi) is 5.39. The van der Waals surface area contributed by atoms with Gasteiger partial charge in [0.05, 0.1) is 6.61 Å². The maximum Gasteiger partial charge on any atom is 0.135 e. The van der Waals surface area contributed by atoms with Crippen LogP contribution in [0.15, 0.2) is 6.33 Å². The van der Waals surface area contributed by atoms with Gasteiger partial charge in [0.25, 0.3) is 0 Å². The molecule has 5 heteroatoms. The normalized spacial score (nSPS) is 17.2. The molecule has 3 N–H and O–H groups in total. The standard InChI is InChI=1S/C16H28N4O/c1-4-17-14-13(12(2)3)15(20-11-19-14)18-9-16(10-21)7-5-6-8-16/h11-12,21H,4-10H2,1-3H3,(H2,17,18,19,20). The van der Waals surface area contributed by atoms with Crippen molar-refractivity contribution < 1.29 is 5.11 Å². The molecule has 1 aliphatic rings. The number of aliphatic hydroxyl groups excluding tert-OH is 1. The molecule has 21 heavy (non-hydrogen) atoms. The second-order valence-corrected chi connectivity index (χ2v) is 6.39. The van der Waals surface area contributed by atoms with E-state index in [1.165, 1.54) is 12.8 Å². The summed E-state index contributed by atoms with van der Waals surface area (Å²) in [5.41, 5.74) is 1.16. The highest BCUT2D eigenvalue weighted by atomic mass is 16.3. The molecule has 1 heterocycles. The third kappa shape index (κ3) is 3.64. The average Bonchev–Trinajstić information content (AvgIpc) is 2.95. The van der Waals surface area contributed by atoms with Gasteiger partial charge < -0.3 is 15.7 Å². The number of hydrogen-bond acceptors (Lipinski definition) is 5. The molecular weight excluding hydrogens is 264 g/mol. The van der Waals surface area contributed by atoms with E-state index in [4.69, 9.17) is 0 Å². The van der Waals surface area contributed by atoms with E-state index in [1.807, 2.05) is 0 Å². The Labute approximate surface area is 127 Å². The Bertz CT molecular complexity index is 456. The molecule has 0 unspecified atom stereocenters. The van der Waals surface area contributed by atoms with E-state index >= 15 is 0 Å². The molecule has 0 amide bonds. The van der Waals surface area contributed by atoms with E-state index in [-0.39, 0.29) is 12.0 Å². The summed E-state index contributed by atoms with van der Waals surface area (Å²) in [6, 6.07) is 0. The fourth-order valence-electron chi connectivity index (χ4n) is 3.18. The van der Waals surface area contributed by atoms with Crippen molar-refractivity contribution >= 4 is 11.6 Å². The number of aliphatic hydroxyl groups is 1. The fraction of sp³-hybridized carbons (Fsp3) is 0.750. The van der Waals surface area contributed by atoms with Crippen molar-refractivity contribution in [3.05, 3.63) is 11.9 Å². The summed E-state index contributed by atoms with van der Waals surface area (Å²) in [5, 5.41) is 16.5. The second kappa shape index (κ2) is 7.07. The van der Waals surface area contributed by atoms with Crippen LogP contribution in [0.3, 0.4) is 0 Å². The Hall–Kier alpha value is -1.36. The van der Waals surface area contributed by atoms with Gasteiger partial charge in [0.15, 0.2) is 0 Å². The highest BCUT2D eigenvalue weighted by molar-refractivity contribution is 5.59. The zero-order chi connectivity index (χ0) is 15.3. The summed E-state index contributed by atoms with van der Waals surface area (Å²) in [7, 11) is 0. The van der Waals surface area contributed by atoms with E-state index in [0.29, 0.717) is 5.92 Å². The first-order valence-electron chi connectivity index (χ1n) is 8.05. The maximum absolute atomic E-state index is 9.73. The summed E-state index contributed by atoms with van der Waals surface area (Å²) >= 11 is 0. The molecule has 0 spiro atoms. The third-order valence-corrected chi connectivity index (χ3v) is 4.44. The van der Waals surface area contributed by atoms with Crippen molar-refractivity contribution in [1.29, 1.82) is 0 Å². The van der Waals surface area contributed by atoms with E-state index < -0.39 is 0 Å². The Morgan fingerprint density at radius 3 is 2.33 bits per heavy atom. The average molecular weight is 292 g/mol. The number of nitrogens with zero attached hydrogens (tertiary/aromatic N) is 2. The lowest BCUT2D eigenvalue weighted by Gasteiger charge is -2.28. The molecule has 0 bridgehead atoms. The van der Waals surface area contributed by atoms with Gasteiger partial charge in [-0.25, -0.2) is 9.97 Å². The molecule has 0 radical (unpaired) electrons. The van der Waals surface area contributed by atoms with Crippen LogP contribution in [0, 0.1) is 5.41 Å². The zero-order valence-electron chi connectivity index (χ0n) is 13.4. The van der Waals surface area contributed by atoms with Gasteiger partial charge in [-0.3, -0.25) is 0 Å². The van der Waals surface area contributed by atoms with Crippen LogP contribution in [-0.4, -0.2) is 34.8 Å². The number of hydrogen-bond donors (Lipinski definition) is 3. The molecular formula is C16H28N4O. The van der Waals surface area contributed by atoms with Gasteiger partial charge in [-0.15, -0.1) is 0 Å². The predicted octanol–water partition coefficient (Wildman–Crippen LogP) is 3.00. The molecule has 118 valence electrons. The minimum Gasteiger partial charge on any atom is -0.396 e. The summed E-state index contributed by atoms with van der Waals surface area (Å²) in [5.74, 6) is 2.15. The van der Waals surface area contributed by atoms with Crippen molar-refractivity contribution in [2.24, 2.45) is 5.41 Å². The Morgan fingerprint density at radius 1 is 1.19 bits per heavy atom. The van der Waals surface area contributed by atoms with Crippen LogP contribution >= 0.6 is 0 Å². The van der Waals surface area contributed by atoms with Gasteiger partial charge in [0.1, 0.15) is 18.0 Å². The van der Waals surface area contributed by atoms with Crippen molar-refractivity contribution in [1.82, 2.24) is 9.97 Å². The van der Waals surface area contributed by atoms with Crippen LogP contribution in [0.25, 0.3) is 0 Å². The molecule has 1 aromatic heterocycles. The van der Waals surface area contributed by atoms with Crippen LogP contribution in [0.1, 0.15) is 57.9 Å². The molecule has 5 nitrogen and oxygen atoms in total. The lowest BCUT2D eigenvalue weighted by molar-refractivity contribution is 0.142. The second-order valence-electron chi connectivity index (χ2n) is 6.39. The first-order chi connectivity index (χ1) is 10.1. The summed E-state index contributed by atoms with van der Waals surface area (Å²) in [4.78, 5) is 8.78. The van der Waals surface area contributed by atoms with Gasteiger partial charge in [0, 0.05) is 24.1 Å². The molecule has 0 aromatic carbocycles. The summed E-state index contributed by atoms with van der Waals surface area (Å²) in [6.45, 7) is 8.26. The van der Waals surface area contributed by atoms with Crippen molar-refractivity contribution in [3.63, 3.8) is 0 Å². The van der Waals surface area contributed by atoms with E-state index in [9.17, 15) is 5.11 Å². The van der Waals surface area contributed by atoms with E-state index in [1.54, 1.807) is 6.33 Å². The van der Waals surface area contributed by atoms with Crippen LogP contribution < -0.4 is 10.6 Å². The largest absolute Gasteiger partial charge is 0.396 e. The van der Waals surface area contributed by atoms with Crippen LogP contribution in [0.4, 0.5) is 11.6 Å². The highest BCUT2D eigenvalue weighted by Gasteiger charge is 2.33. The van der Waals surface area contributed by atoms with Gasteiger partial charge in [-0.05, 0) is 25.7 Å². The first-order valence-corrected chi connectivity index (χ1v) is 8.05. The lowest BCUT2D eigenvalue weighted by atomic mass is 9.87. The molecule has 0 atom stereocenters. The van der Waals surface area contributed by atoms with Gasteiger partial charge in [0.2, 0.25) is 0 Å². The molecule has 1 fully saturated rings. The van der Waals surface area contributed by atoms with Gasteiger partial charge in [-0.2, -0.15) is 0 Å². The Balaban J connectivity index is 2.17. The van der Waals surface area contributed by atoms with Crippen molar-refractivity contribution in [3.8, 4) is 0 Å². The summed E-state index contributed by atoms with van der Waals surface area (Å²) < 4.78 is 0. The quantitative estimate of drug-likeness (QED) is 0.720. The van der Waals surface area contributed by atoms with E-state index in [2.05, 4.69) is 41.4 Å². The van der Waals surface area contributed by atoms with Gasteiger partial charge >= 0.3 is 0 Å². The van der Waals surface area contributed by atoms with Gasteiger partial charge in [-0.1, -0.05) is 26.7 Å². The maximum atomic E-state index is 9.73. The summed E-state index contributed by atoms with van der Waals surface area (Å²) in [6.07, 6.45) is 6.22. The monoisotopic (exact) mass is 292 g/mol. The fourth-order valence-corrected chi connectivity index (χ4v) is 3.18. The third-order valence-electron chi connectivity index (χ3n) is 4.44. The van der Waals surface area contributed by atoms with Crippen LogP contribution in [0.2, 0.25) is 0 Å². The first kappa shape index (κ1) is 16.0. The molecule has 0 saturated heterocycles. The minimum absolute atomic E-state index is 0.0253. The lowest BCUT2D eigenvalue weighted by Crippen LogP contribution is -2.31. The molecule has 2 rings (SSSR count). The number of rotatable bonds is 7. The van der Waals surface area contributed by atoms with Crippen LogP contribution in [-0.2, 0) is 0 Å². The highest BCUT2D eigenvalue weighted by Crippen LogP contribution is 2.38. The molecule has 1 saturated carbocycles. The van der Waals surface area contributed by atoms with Crippen LogP contribution in [0.5, 0.6) is 0 Å².